The zero-order valence-electron chi connectivity index (χ0n) is 6.47. The fourth-order valence-corrected chi connectivity index (χ4v) is 1.23. The normalized spacial score (nSPS) is 10.8. The van der Waals surface area contributed by atoms with Gasteiger partial charge in [-0.25, -0.2) is 0 Å². The predicted octanol–water partition coefficient (Wildman–Crippen LogP) is 2.37. The first-order valence-electron chi connectivity index (χ1n) is 3.49. The summed E-state index contributed by atoms with van der Waals surface area (Å²) in [5.74, 6) is 0. The minimum Gasteiger partial charge on any atom is -0.424 e. The maximum Gasteiger partial charge on any atom is 0.292 e. The molecule has 4 heteroatoms. The van der Waals surface area contributed by atoms with Gasteiger partial charge in [0.25, 0.3) is 6.01 Å². The molecule has 1 heterocycles. The van der Waals surface area contributed by atoms with Gasteiger partial charge in [0.15, 0.2) is 5.58 Å². The van der Waals surface area contributed by atoms with Gasteiger partial charge in [0.1, 0.15) is 5.52 Å². The highest BCUT2D eigenvalue weighted by molar-refractivity contribution is 6.32. The van der Waals surface area contributed by atoms with Crippen LogP contribution in [-0.4, -0.2) is 4.98 Å². The lowest BCUT2D eigenvalue weighted by Crippen LogP contribution is -1.80. The van der Waals surface area contributed by atoms with E-state index in [4.69, 9.17) is 21.8 Å². The Morgan fingerprint density at radius 1 is 1.50 bits per heavy atom. The molecule has 62 valence electrons. The van der Waals surface area contributed by atoms with Crippen molar-refractivity contribution in [2.75, 3.05) is 5.73 Å². The fourth-order valence-electron chi connectivity index (χ4n) is 1.07. The van der Waals surface area contributed by atoms with Gasteiger partial charge in [-0.2, -0.15) is 4.98 Å². The molecule has 0 aliphatic carbocycles. The van der Waals surface area contributed by atoms with Crippen LogP contribution in [0.3, 0.4) is 0 Å². The number of nitrogens with two attached hydrogens (primary N) is 1. The van der Waals surface area contributed by atoms with Crippen LogP contribution in [0, 0.1) is 6.92 Å². The largest absolute Gasteiger partial charge is 0.424 e. The van der Waals surface area contributed by atoms with Crippen molar-refractivity contribution in [2.45, 2.75) is 6.92 Å². The molecule has 1 aromatic heterocycles. The van der Waals surface area contributed by atoms with Gasteiger partial charge in [-0.3, -0.25) is 0 Å². The zero-order valence-corrected chi connectivity index (χ0v) is 7.22. The van der Waals surface area contributed by atoms with E-state index in [9.17, 15) is 0 Å². The van der Waals surface area contributed by atoms with Gasteiger partial charge in [0.2, 0.25) is 0 Å². The van der Waals surface area contributed by atoms with Gasteiger partial charge >= 0.3 is 0 Å². The number of oxazole rings is 1. The number of hydrogen-bond acceptors (Lipinski definition) is 3. The minimum absolute atomic E-state index is 0.173. The standard InChI is InChI=1S/C8H7ClN2O/c1-4-2-7-6(3-5(4)9)11-8(10)12-7/h2-3H,1H3,(H2,10,11). The number of anilines is 1. The van der Waals surface area contributed by atoms with Crippen LogP contribution < -0.4 is 5.73 Å². The van der Waals surface area contributed by atoms with Gasteiger partial charge in [-0.15, -0.1) is 0 Å². The summed E-state index contributed by atoms with van der Waals surface area (Å²) in [4.78, 5) is 3.94. The summed E-state index contributed by atoms with van der Waals surface area (Å²) < 4.78 is 5.11. The van der Waals surface area contributed by atoms with E-state index in [1.165, 1.54) is 0 Å². The molecule has 0 saturated heterocycles. The number of halogens is 1. The fraction of sp³-hybridized carbons (Fsp3) is 0.125. The SMILES string of the molecule is Cc1cc2oc(N)nc2cc1Cl. The summed E-state index contributed by atoms with van der Waals surface area (Å²) in [6.45, 7) is 1.90. The average Bonchev–Trinajstić information content (AvgIpc) is 2.30. The molecule has 0 fully saturated rings. The van der Waals surface area contributed by atoms with Gasteiger partial charge in [-0.05, 0) is 24.6 Å². The van der Waals surface area contributed by atoms with Crippen LogP contribution in [0.2, 0.25) is 5.02 Å². The van der Waals surface area contributed by atoms with E-state index in [1.54, 1.807) is 6.07 Å². The maximum atomic E-state index is 5.87. The van der Waals surface area contributed by atoms with Crippen LogP contribution in [0.4, 0.5) is 6.01 Å². The summed E-state index contributed by atoms with van der Waals surface area (Å²) >= 11 is 5.87. The third kappa shape index (κ3) is 1.02. The monoisotopic (exact) mass is 182 g/mol. The Morgan fingerprint density at radius 2 is 2.25 bits per heavy atom. The lowest BCUT2D eigenvalue weighted by Gasteiger charge is -1.93. The van der Waals surface area contributed by atoms with Crippen LogP contribution in [0.15, 0.2) is 16.5 Å². The van der Waals surface area contributed by atoms with Gasteiger partial charge in [0.05, 0.1) is 0 Å². The van der Waals surface area contributed by atoms with Crippen molar-refractivity contribution in [3.63, 3.8) is 0 Å². The highest BCUT2D eigenvalue weighted by atomic mass is 35.5. The lowest BCUT2D eigenvalue weighted by atomic mass is 10.2. The van der Waals surface area contributed by atoms with Crippen molar-refractivity contribution < 1.29 is 4.42 Å². The molecular weight excluding hydrogens is 176 g/mol. The second-order valence-electron chi connectivity index (χ2n) is 2.62. The van der Waals surface area contributed by atoms with E-state index in [1.807, 2.05) is 13.0 Å². The Kier molecular flexibility index (Phi) is 1.48. The van der Waals surface area contributed by atoms with E-state index < -0.39 is 0 Å². The van der Waals surface area contributed by atoms with E-state index >= 15 is 0 Å². The highest BCUT2D eigenvalue weighted by Gasteiger charge is 2.04. The first-order chi connectivity index (χ1) is 5.66. The molecule has 0 unspecified atom stereocenters. The Bertz CT molecular complexity index is 397. The smallest absolute Gasteiger partial charge is 0.292 e. The lowest BCUT2D eigenvalue weighted by molar-refractivity contribution is 0.626. The molecule has 3 nitrogen and oxygen atoms in total. The summed E-state index contributed by atoms with van der Waals surface area (Å²) in [7, 11) is 0. The maximum absolute atomic E-state index is 5.87. The molecule has 0 radical (unpaired) electrons. The second kappa shape index (κ2) is 2.38. The van der Waals surface area contributed by atoms with Gasteiger partial charge in [-0.1, -0.05) is 11.6 Å². The van der Waals surface area contributed by atoms with Gasteiger partial charge < -0.3 is 10.2 Å². The molecule has 0 spiro atoms. The number of nitrogens with zero attached hydrogens (tertiary/aromatic N) is 1. The molecule has 0 saturated carbocycles. The first-order valence-corrected chi connectivity index (χ1v) is 3.87. The van der Waals surface area contributed by atoms with Crippen molar-refractivity contribution in [1.29, 1.82) is 0 Å². The third-order valence-electron chi connectivity index (χ3n) is 1.69. The Labute approximate surface area is 74.1 Å². The molecule has 0 aliphatic rings. The topological polar surface area (TPSA) is 52.0 Å². The number of benzene rings is 1. The highest BCUT2D eigenvalue weighted by Crippen LogP contribution is 2.24. The number of aromatic nitrogens is 1. The molecule has 0 aliphatic heterocycles. The van der Waals surface area contributed by atoms with Crippen LogP contribution in [0.5, 0.6) is 0 Å². The number of nitrogen functional groups attached to an aromatic ring is 1. The Balaban J connectivity index is 2.83. The van der Waals surface area contributed by atoms with E-state index in [2.05, 4.69) is 4.98 Å². The molecule has 0 bridgehead atoms. The molecule has 2 rings (SSSR count). The quantitative estimate of drug-likeness (QED) is 0.681. The minimum atomic E-state index is 0.173. The molecule has 2 N–H and O–H groups in total. The van der Waals surface area contributed by atoms with Gasteiger partial charge in [0, 0.05) is 5.02 Å². The molecule has 12 heavy (non-hydrogen) atoms. The number of rotatable bonds is 0. The number of aryl methyl sites for hydroxylation is 1. The summed E-state index contributed by atoms with van der Waals surface area (Å²) in [5, 5.41) is 0.677. The Hall–Kier alpha value is -1.22. The molecule has 0 atom stereocenters. The molecular formula is C8H7ClN2O. The summed E-state index contributed by atoms with van der Waals surface area (Å²) in [6.07, 6.45) is 0. The van der Waals surface area contributed by atoms with Crippen LogP contribution in [0.1, 0.15) is 5.56 Å². The van der Waals surface area contributed by atoms with Crippen LogP contribution in [-0.2, 0) is 0 Å². The van der Waals surface area contributed by atoms with Crippen molar-refractivity contribution in [3.05, 3.63) is 22.7 Å². The average molecular weight is 183 g/mol. The van der Waals surface area contributed by atoms with Crippen molar-refractivity contribution >= 4 is 28.7 Å². The zero-order chi connectivity index (χ0) is 8.72. The Morgan fingerprint density at radius 3 is 3.00 bits per heavy atom. The molecule has 2 aromatic rings. The summed E-state index contributed by atoms with van der Waals surface area (Å²) in [6, 6.07) is 3.74. The predicted molar refractivity (Wildman–Crippen MR) is 48.2 cm³/mol. The van der Waals surface area contributed by atoms with Crippen molar-refractivity contribution in [2.24, 2.45) is 0 Å². The van der Waals surface area contributed by atoms with Crippen LogP contribution >= 0.6 is 11.6 Å². The second-order valence-corrected chi connectivity index (χ2v) is 3.03. The first kappa shape index (κ1) is 7.43. The van der Waals surface area contributed by atoms with E-state index in [-0.39, 0.29) is 6.01 Å². The third-order valence-corrected chi connectivity index (χ3v) is 2.09. The van der Waals surface area contributed by atoms with Crippen molar-refractivity contribution in [1.82, 2.24) is 4.98 Å². The molecule has 0 amide bonds. The molecule has 1 aromatic carbocycles. The van der Waals surface area contributed by atoms with E-state index in [0.29, 0.717) is 16.1 Å². The van der Waals surface area contributed by atoms with E-state index in [0.717, 1.165) is 5.56 Å². The van der Waals surface area contributed by atoms with Crippen molar-refractivity contribution in [3.8, 4) is 0 Å². The van der Waals surface area contributed by atoms with Crippen LogP contribution in [0.25, 0.3) is 11.1 Å². The number of hydrogen-bond donors (Lipinski definition) is 1. The summed E-state index contributed by atoms with van der Waals surface area (Å²) in [5.41, 5.74) is 7.70. The number of fused-ring (bicyclic) bond motifs is 1.